The molecule has 0 aliphatic carbocycles. The van der Waals surface area contributed by atoms with E-state index in [0.717, 1.165) is 9.81 Å². The Bertz CT molecular complexity index is 163. The minimum Gasteiger partial charge on any atom is -0.299 e. The molecule has 0 aromatic rings. The SMILES string of the molecule is CCC(=O)C(C)/C=C(/Br)CBr. The van der Waals surface area contributed by atoms with Crippen LogP contribution >= 0.6 is 31.9 Å². The summed E-state index contributed by atoms with van der Waals surface area (Å²) < 4.78 is 1.03. The summed E-state index contributed by atoms with van der Waals surface area (Å²) in [5, 5.41) is 0.772. The fraction of sp³-hybridized carbons (Fsp3) is 0.625. The molecule has 0 aliphatic heterocycles. The second-order valence-corrected chi connectivity index (χ2v) is 3.94. The van der Waals surface area contributed by atoms with Gasteiger partial charge in [0.1, 0.15) is 5.78 Å². The molecule has 1 atom stereocenters. The van der Waals surface area contributed by atoms with Crippen molar-refractivity contribution < 1.29 is 4.79 Å². The summed E-state index contributed by atoms with van der Waals surface area (Å²) >= 11 is 6.62. The van der Waals surface area contributed by atoms with Crippen LogP contribution in [-0.2, 0) is 4.79 Å². The van der Waals surface area contributed by atoms with E-state index in [2.05, 4.69) is 31.9 Å². The van der Waals surface area contributed by atoms with E-state index in [4.69, 9.17) is 0 Å². The largest absolute Gasteiger partial charge is 0.299 e. The maximum Gasteiger partial charge on any atom is 0.139 e. The van der Waals surface area contributed by atoms with E-state index in [-0.39, 0.29) is 11.7 Å². The molecule has 64 valence electrons. The number of allylic oxidation sites excluding steroid dienone is 2. The Labute approximate surface area is 84.5 Å². The van der Waals surface area contributed by atoms with Gasteiger partial charge in [-0.05, 0) is 0 Å². The fourth-order valence-corrected chi connectivity index (χ4v) is 1.31. The van der Waals surface area contributed by atoms with Crippen LogP contribution in [-0.4, -0.2) is 11.1 Å². The molecule has 0 fully saturated rings. The number of carbonyl (C=O) groups is 1. The van der Waals surface area contributed by atoms with Crippen molar-refractivity contribution in [2.45, 2.75) is 20.3 Å². The molecule has 3 heteroatoms. The minimum atomic E-state index is 0.0342. The summed E-state index contributed by atoms with van der Waals surface area (Å²) in [7, 11) is 0. The van der Waals surface area contributed by atoms with E-state index < -0.39 is 0 Å². The lowest BCUT2D eigenvalue weighted by Gasteiger charge is -2.02. The van der Waals surface area contributed by atoms with Gasteiger partial charge in [0, 0.05) is 22.2 Å². The van der Waals surface area contributed by atoms with Crippen LogP contribution in [0.3, 0.4) is 0 Å². The molecule has 11 heavy (non-hydrogen) atoms. The zero-order valence-electron chi connectivity index (χ0n) is 6.73. The molecule has 0 aromatic heterocycles. The van der Waals surface area contributed by atoms with E-state index in [1.807, 2.05) is 19.9 Å². The van der Waals surface area contributed by atoms with Crippen LogP contribution in [0.15, 0.2) is 10.6 Å². The zero-order valence-corrected chi connectivity index (χ0v) is 9.91. The van der Waals surface area contributed by atoms with Crippen LogP contribution in [0.2, 0.25) is 0 Å². The first kappa shape index (κ1) is 11.4. The van der Waals surface area contributed by atoms with Gasteiger partial charge in [0.05, 0.1) is 0 Å². The number of halogens is 2. The number of hydrogen-bond acceptors (Lipinski definition) is 1. The topological polar surface area (TPSA) is 17.1 Å². The smallest absolute Gasteiger partial charge is 0.139 e. The van der Waals surface area contributed by atoms with Gasteiger partial charge < -0.3 is 0 Å². The van der Waals surface area contributed by atoms with Crippen molar-refractivity contribution in [3.05, 3.63) is 10.6 Å². The van der Waals surface area contributed by atoms with Crippen molar-refractivity contribution in [1.82, 2.24) is 0 Å². The predicted molar refractivity (Wildman–Crippen MR) is 55.3 cm³/mol. The van der Waals surface area contributed by atoms with Gasteiger partial charge in [0.15, 0.2) is 0 Å². The number of carbonyl (C=O) groups excluding carboxylic acids is 1. The lowest BCUT2D eigenvalue weighted by molar-refractivity contribution is -0.120. The fourth-order valence-electron chi connectivity index (χ4n) is 0.731. The van der Waals surface area contributed by atoms with E-state index in [1.54, 1.807) is 0 Å². The van der Waals surface area contributed by atoms with Gasteiger partial charge in [-0.15, -0.1) is 0 Å². The van der Waals surface area contributed by atoms with Crippen LogP contribution in [0.5, 0.6) is 0 Å². The molecular formula is C8H12Br2O. The molecule has 0 spiro atoms. The van der Waals surface area contributed by atoms with Crippen molar-refractivity contribution >= 4 is 37.6 Å². The molecule has 0 N–H and O–H groups in total. The maximum atomic E-state index is 11.1. The highest BCUT2D eigenvalue weighted by atomic mass is 79.9. The number of ketones is 1. The van der Waals surface area contributed by atoms with Gasteiger partial charge in [0.25, 0.3) is 0 Å². The molecule has 0 aromatic carbocycles. The number of Topliss-reactive ketones (excluding diaryl/α,β-unsaturated/α-hetero) is 1. The molecule has 0 rings (SSSR count). The first-order chi connectivity index (χ1) is 5.11. The highest BCUT2D eigenvalue weighted by Gasteiger charge is 2.07. The summed E-state index contributed by atoms with van der Waals surface area (Å²) in [5.41, 5.74) is 0. The standard InChI is InChI=1S/C8H12Br2O/c1-3-8(11)6(2)4-7(10)5-9/h4,6H,3,5H2,1-2H3/b7-4+. The Kier molecular flexibility index (Phi) is 6.15. The summed E-state index contributed by atoms with van der Waals surface area (Å²) in [4.78, 5) is 11.1. The van der Waals surface area contributed by atoms with E-state index in [0.29, 0.717) is 6.42 Å². The van der Waals surface area contributed by atoms with Crippen molar-refractivity contribution in [3.8, 4) is 0 Å². The van der Waals surface area contributed by atoms with Gasteiger partial charge in [0.2, 0.25) is 0 Å². The van der Waals surface area contributed by atoms with Crippen molar-refractivity contribution in [3.63, 3.8) is 0 Å². The summed E-state index contributed by atoms with van der Waals surface area (Å²) in [6.07, 6.45) is 2.54. The first-order valence-electron chi connectivity index (χ1n) is 3.56. The Hall–Kier alpha value is 0.370. The summed E-state index contributed by atoms with van der Waals surface area (Å²) in [6, 6.07) is 0. The molecular weight excluding hydrogens is 272 g/mol. The minimum absolute atomic E-state index is 0.0342. The molecule has 0 heterocycles. The zero-order chi connectivity index (χ0) is 8.85. The van der Waals surface area contributed by atoms with E-state index in [1.165, 1.54) is 0 Å². The lowest BCUT2D eigenvalue weighted by atomic mass is 10.0. The highest BCUT2D eigenvalue weighted by Crippen LogP contribution is 2.13. The summed E-state index contributed by atoms with van der Waals surface area (Å²) in [5.74, 6) is 0.315. The monoisotopic (exact) mass is 282 g/mol. The normalized spacial score (nSPS) is 14.7. The van der Waals surface area contributed by atoms with Crippen molar-refractivity contribution in [2.24, 2.45) is 5.92 Å². The Morgan fingerprint density at radius 1 is 1.64 bits per heavy atom. The van der Waals surface area contributed by atoms with Gasteiger partial charge >= 0.3 is 0 Å². The lowest BCUT2D eigenvalue weighted by Crippen LogP contribution is -2.06. The predicted octanol–water partition coefficient (Wildman–Crippen LogP) is 3.28. The second-order valence-electron chi connectivity index (χ2n) is 2.36. The Morgan fingerprint density at radius 2 is 2.18 bits per heavy atom. The third-order valence-corrected chi connectivity index (χ3v) is 3.32. The van der Waals surface area contributed by atoms with Crippen LogP contribution in [0, 0.1) is 5.92 Å². The third-order valence-electron chi connectivity index (χ3n) is 1.41. The van der Waals surface area contributed by atoms with Crippen molar-refractivity contribution in [2.75, 3.05) is 5.33 Å². The average molecular weight is 284 g/mol. The van der Waals surface area contributed by atoms with Crippen LogP contribution in [0.1, 0.15) is 20.3 Å². The van der Waals surface area contributed by atoms with Crippen LogP contribution in [0.25, 0.3) is 0 Å². The first-order valence-corrected chi connectivity index (χ1v) is 5.48. The second kappa shape index (κ2) is 5.95. The highest BCUT2D eigenvalue weighted by molar-refractivity contribution is 9.13. The van der Waals surface area contributed by atoms with E-state index in [9.17, 15) is 4.79 Å². The van der Waals surface area contributed by atoms with E-state index >= 15 is 0 Å². The maximum absolute atomic E-state index is 11.1. The molecule has 1 nitrogen and oxygen atoms in total. The summed E-state index contributed by atoms with van der Waals surface area (Å²) in [6.45, 7) is 3.80. The molecule has 0 bridgehead atoms. The molecule has 0 aliphatic rings. The molecule has 1 unspecified atom stereocenters. The van der Waals surface area contributed by atoms with Gasteiger partial charge in [-0.25, -0.2) is 0 Å². The van der Waals surface area contributed by atoms with Gasteiger partial charge in [-0.1, -0.05) is 51.8 Å². The number of rotatable bonds is 4. The number of alkyl halides is 1. The Morgan fingerprint density at radius 3 is 2.55 bits per heavy atom. The van der Waals surface area contributed by atoms with Crippen LogP contribution in [0.4, 0.5) is 0 Å². The third kappa shape index (κ3) is 4.75. The molecule has 0 saturated heterocycles. The molecule has 0 radical (unpaired) electrons. The molecule has 0 amide bonds. The molecule has 0 saturated carbocycles. The van der Waals surface area contributed by atoms with Gasteiger partial charge in [-0.2, -0.15) is 0 Å². The van der Waals surface area contributed by atoms with Gasteiger partial charge in [-0.3, -0.25) is 4.79 Å². The van der Waals surface area contributed by atoms with Crippen molar-refractivity contribution in [1.29, 1.82) is 0 Å². The van der Waals surface area contributed by atoms with Crippen LogP contribution < -0.4 is 0 Å². The number of hydrogen-bond donors (Lipinski definition) is 0. The average Bonchev–Trinajstić information content (AvgIpc) is 2.02. The quantitative estimate of drug-likeness (QED) is 0.724. The Balaban J connectivity index is 4.04.